The maximum absolute atomic E-state index is 14.0. The molecule has 1 N–H and O–H groups in total. The number of carboxylic acid groups (broad SMARTS) is 1. The van der Waals surface area contributed by atoms with Crippen molar-refractivity contribution in [2.24, 2.45) is 0 Å². The first-order valence-corrected chi connectivity index (χ1v) is 20.6. The van der Waals surface area contributed by atoms with Crippen molar-refractivity contribution in [3.63, 3.8) is 0 Å². The van der Waals surface area contributed by atoms with Crippen LogP contribution in [-0.2, 0) is 18.0 Å². The molecule has 0 bridgehead atoms. The van der Waals surface area contributed by atoms with Gasteiger partial charge in [-0.3, -0.25) is 0 Å². The van der Waals surface area contributed by atoms with Gasteiger partial charge in [0.25, 0.3) is 0 Å². The Bertz CT molecular complexity index is 2780. The minimum Gasteiger partial charge on any atom is -0.488 e. The lowest BCUT2D eigenvalue weighted by Crippen LogP contribution is -2.05. The van der Waals surface area contributed by atoms with Gasteiger partial charge in [-0.1, -0.05) is 35.3 Å². The number of nitrogens with zero attached hydrogens (tertiary/aromatic N) is 2. The number of allylic oxidation sites excluding steroid dienone is 4. The van der Waals surface area contributed by atoms with Gasteiger partial charge in [0.1, 0.15) is 59.4 Å². The third-order valence-corrected chi connectivity index (χ3v) is 11.0. The van der Waals surface area contributed by atoms with Crippen molar-refractivity contribution >= 4 is 57.4 Å². The number of methoxy groups -OCH3 is 1. The summed E-state index contributed by atoms with van der Waals surface area (Å²) in [7, 11) is 1.32. The molecule has 6 aromatic rings. The van der Waals surface area contributed by atoms with E-state index in [-0.39, 0.29) is 35.7 Å². The number of esters is 1. The summed E-state index contributed by atoms with van der Waals surface area (Å²) in [5.74, 6) is -3.16. The Labute approximate surface area is 370 Å². The highest BCUT2D eigenvalue weighted by molar-refractivity contribution is 6.31. The number of ether oxygens (including phenoxy) is 3. The van der Waals surface area contributed by atoms with E-state index < -0.39 is 35.2 Å². The largest absolute Gasteiger partial charge is 0.488 e. The Kier molecular flexibility index (Phi) is 14.2. The molecule has 4 aromatic carbocycles. The van der Waals surface area contributed by atoms with Gasteiger partial charge in [-0.25, -0.2) is 37.1 Å². The highest BCUT2D eigenvalue weighted by Gasteiger charge is 2.25. The van der Waals surface area contributed by atoms with Gasteiger partial charge in [-0.05, 0) is 146 Å². The summed E-state index contributed by atoms with van der Waals surface area (Å²) < 4.78 is 71.0. The number of aromatic carboxylic acids is 1. The average molecular weight is 898 g/mol. The molecule has 2 aliphatic rings. The van der Waals surface area contributed by atoms with E-state index in [1.54, 1.807) is 54.6 Å². The summed E-state index contributed by atoms with van der Waals surface area (Å²) in [5, 5.41) is 10.3. The van der Waals surface area contributed by atoms with Crippen LogP contribution in [0.1, 0.15) is 93.1 Å². The number of benzene rings is 4. The van der Waals surface area contributed by atoms with Crippen LogP contribution in [0.4, 0.5) is 17.6 Å². The quantitative estimate of drug-likeness (QED) is 0.0956. The Morgan fingerprint density at radius 1 is 0.587 bits per heavy atom. The minimum atomic E-state index is -1.09. The second-order valence-corrected chi connectivity index (χ2v) is 15.4. The zero-order valence-corrected chi connectivity index (χ0v) is 35.2. The number of rotatable bonds is 12. The topological polar surface area (TPSA) is 108 Å². The third-order valence-electron chi connectivity index (χ3n) is 10.5. The summed E-state index contributed by atoms with van der Waals surface area (Å²) in [4.78, 5) is 32.0. The molecule has 0 spiro atoms. The molecule has 0 saturated heterocycles. The van der Waals surface area contributed by atoms with Gasteiger partial charge in [0, 0.05) is 44.4 Å². The normalized spacial score (nSPS) is 13.4. The molecule has 2 heterocycles. The fourth-order valence-electron chi connectivity index (χ4n) is 7.51. The zero-order valence-electron chi connectivity index (χ0n) is 33.7. The average Bonchev–Trinajstić information content (AvgIpc) is 3.98. The smallest absolute Gasteiger partial charge is 0.356 e. The van der Waals surface area contributed by atoms with Crippen molar-refractivity contribution in [2.45, 2.75) is 51.7 Å². The predicted octanol–water partition coefficient (Wildman–Crippen LogP) is 12.9. The van der Waals surface area contributed by atoms with E-state index in [0.29, 0.717) is 32.9 Å². The van der Waals surface area contributed by atoms with Crippen LogP contribution in [0.3, 0.4) is 0 Å². The second-order valence-electron chi connectivity index (χ2n) is 14.6. The molecule has 0 aliphatic heterocycles. The van der Waals surface area contributed by atoms with Crippen LogP contribution in [0.25, 0.3) is 22.3 Å². The number of aromatic nitrogens is 2. The van der Waals surface area contributed by atoms with Crippen LogP contribution in [0.2, 0.25) is 10.0 Å². The molecular formula is C49H38Cl2F4N2O6. The summed E-state index contributed by atoms with van der Waals surface area (Å²) in [6.45, 7) is -0.129. The number of carbonyl (C=O) groups excluding carboxylic acids is 1. The number of pyridine rings is 2. The van der Waals surface area contributed by atoms with Gasteiger partial charge in [-0.2, -0.15) is 0 Å². The Hall–Kier alpha value is -6.50. The zero-order chi connectivity index (χ0) is 44.6. The van der Waals surface area contributed by atoms with Crippen LogP contribution < -0.4 is 9.47 Å². The van der Waals surface area contributed by atoms with Crippen molar-refractivity contribution in [1.29, 1.82) is 0 Å². The molecule has 0 fully saturated rings. The van der Waals surface area contributed by atoms with Crippen molar-refractivity contribution in [1.82, 2.24) is 9.97 Å². The first-order chi connectivity index (χ1) is 30.4. The molecule has 63 heavy (non-hydrogen) atoms. The van der Waals surface area contributed by atoms with Crippen LogP contribution in [0.15, 0.2) is 109 Å². The maximum Gasteiger partial charge on any atom is 0.356 e. The van der Waals surface area contributed by atoms with Crippen LogP contribution in [0, 0.1) is 23.3 Å². The molecule has 322 valence electrons. The Morgan fingerprint density at radius 2 is 1.03 bits per heavy atom. The van der Waals surface area contributed by atoms with Crippen LogP contribution in [-0.4, -0.2) is 34.1 Å². The summed E-state index contributed by atoms with van der Waals surface area (Å²) in [6.07, 6.45) is 4.84. The van der Waals surface area contributed by atoms with Gasteiger partial charge in [0.15, 0.2) is 0 Å². The van der Waals surface area contributed by atoms with Gasteiger partial charge in [0.2, 0.25) is 0 Å². The first-order valence-electron chi connectivity index (χ1n) is 19.8. The molecule has 0 atom stereocenters. The van der Waals surface area contributed by atoms with Crippen molar-refractivity contribution in [3.8, 4) is 11.5 Å². The Balaban J connectivity index is 0.000000189. The standard InChI is InChI=1S/C25H20ClF2NO3.C24H18ClF2NO3/c1-31-25(30)23-7-3-6-22(29-23)19-5-2-4-18(19)20-12-16(26)9-11-24(20)32-14-15-8-10-17(27)13-21(15)28;25-15-8-10-23(31-13-14-7-9-16(26)12-20(14)27)19(11-15)17-3-1-4-18(17)21-5-2-6-22(28-21)24(29)30/h3,6-13H,2,4-5,14H2,1H3;2,5-12H,1,3-4,13H2,(H,29,30). The molecule has 2 aromatic heterocycles. The molecule has 2 aliphatic carbocycles. The van der Waals surface area contributed by atoms with E-state index >= 15 is 0 Å². The summed E-state index contributed by atoms with van der Waals surface area (Å²) in [6, 6.07) is 27.3. The molecular weight excluding hydrogens is 859 g/mol. The molecule has 8 nitrogen and oxygen atoms in total. The van der Waals surface area contributed by atoms with Gasteiger partial charge < -0.3 is 19.3 Å². The lowest BCUT2D eigenvalue weighted by Gasteiger charge is -2.15. The predicted molar refractivity (Wildman–Crippen MR) is 232 cm³/mol. The Morgan fingerprint density at radius 3 is 1.48 bits per heavy atom. The van der Waals surface area contributed by atoms with Gasteiger partial charge in [0.05, 0.1) is 18.5 Å². The second kappa shape index (κ2) is 20.1. The van der Waals surface area contributed by atoms with Gasteiger partial charge in [-0.15, -0.1) is 0 Å². The van der Waals surface area contributed by atoms with Crippen molar-refractivity contribution in [3.05, 3.63) is 188 Å². The minimum absolute atomic E-state index is 0.0226. The number of carboxylic acids is 1. The van der Waals surface area contributed by atoms with Crippen molar-refractivity contribution < 1.29 is 46.5 Å². The van der Waals surface area contributed by atoms with E-state index in [0.717, 1.165) is 84.1 Å². The first kappa shape index (κ1) is 44.6. The van der Waals surface area contributed by atoms with E-state index in [1.807, 2.05) is 12.1 Å². The fraction of sp³-hybridized carbons (Fsp3) is 0.184. The SMILES string of the molecule is COC(=O)c1cccc(C2=C(c3cc(Cl)ccc3OCc3ccc(F)cc3F)CCC2)n1.O=C(O)c1cccc(C2=C(c3cc(Cl)ccc3OCc3ccc(F)cc3F)CCC2)n1. The van der Waals surface area contributed by atoms with E-state index in [9.17, 15) is 32.3 Å². The maximum atomic E-state index is 14.0. The summed E-state index contributed by atoms with van der Waals surface area (Å²) >= 11 is 12.5. The number of carbonyl (C=O) groups is 2. The molecule has 0 saturated carbocycles. The van der Waals surface area contributed by atoms with E-state index in [2.05, 4.69) is 9.97 Å². The van der Waals surface area contributed by atoms with Crippen LogP contribution in [0.5, 0.6) is 11.5 Å². The van der Waals surface area contributed by atoms with E-state index in [4.69, 9.17) is 37.4 Å². The number of hydrogen-bond donors (Lipinski definition) is 1. The lowest BCUT2D eigenvalue weighted by atomic mass is 9.99. The molecule has 8 rings (SSSR count). The molecule has 14 heteroatoms. The highest BCUT2D eigenvalue weighted by Crippen LogP contribution is 2.45. The van der Waals surface area contributed by atoms with Crippen molar-refractivity contribution in [2.75, 3.05) is 7.11 Å². The highest BCUT2D eigenvalue weighted by atomic mass is 35.5. The van der Waals surface area contributed by atoms with Gasteiger partial charge >= 0.3 is 11.9 Å². The number of halogens is 6. The molecule has 0 amide bonds. The third kappa shape index (κ3) is 10.8. The lowest BCUT2D eigenvalue weighted by molar-refractivity contribution is 0.0593. The van der Waals surface area contributed by atoms with E-state index in [1.165, 1.54) is 37.4 Å². The molecule has 0 radical (unpaired) electrons. The van der Waals surface area contributed by atoms with Crippen LogP contribution >= 0.6 is 23.2 Å². The molecule has 0 unspecified atom stereocenters. The number of hydrogen-bond acceptors (Lipinski definition) is 7. The monoisotopic (exact) mass is 896 g/mol. The summed E-state index contributed by atoms with van der Waals surface area (Å²) in [5.41, 5.74) is 7.44. The fourth-order valence-corrected chi connectivity index (χ4v) is 7.85.